The van der Waals surface area contributed by atoms with E-state index in [2.05, 4.69) is 15.2 Å². The number of hydrogen-bond donors (Lipinski definition) is 1. The Morgan fingerprint density at radius 2 is 2.17 bits per heavy atom. The second kappa shape index (κ2) is 8.13. The Labute approximate surface area is 108 Å². The third-order valence-corrected chi connectivity index (χ3v) is 2.57. The Kier molecular flexibility index (Phi) is 6.78. The van der Waals surface area contributed by atoms with E-state index in [1.165, 1.54) is 12.3 Å². The van der Waals surface area contributed by atoms with Crippen LogP contribution >= 0.6 is 0 Å². The van der Waals surface area contributed by atoms with Crippen molar-refractivity contribution in [1.82, 2.24) is 15.2 Å². The molecule has 0 aromatic carbocycles. The summed E-state index contributed by atoms with van der Waals surface area (Å²) in [5.74, 6) is -0.307. The molecule has 4 nitrogen and oxygen atoms in total. The molecule has 1 heterocycles. The first-order chi connectivity index (χ1) is 8.59. The molecule has 0 aliphatic heterocycles. The Balaban J connectivity index is 2.13. The molecule has 0 amide bonds. The smallest absolute Gasteiger partial charge is 0.141 e. The zero-order chi connectivity index (χ0) is 13.4. The molecular formula is C13H22FN3O. The minimum absolute atomic E-state index is 0.100. The molecule has 102 valence electrons. The van der Waals surface area contributed by atoms with Gasteiger partial charge in [-0.15, -0.1) is 0 Å². The second-order valence-corrected chi connectivity index (χ2v) is 4.49. The number of nitrogens with one attached hydrogen (secondary N) is 1. The van der Waals surface area contributed by atoms with E-state index in [9.17, 15) is 4.39 Å². The first kappa shape index (κ1) is 15.0. The van der Waals surface area contributed by atoms with Gasteiger partial charge in [0.15, 0.2) is 0 Å². The predicted molar refractivity (Wildman–Crippen MR) is 70.0 cm³/mol. The molecule has 0 bridgehead atoms. The monoisotopic (exact) mass is 255 g/mol. The zero-order valence-corrected chi connectivity index (χ0v) is 11.3. The summed E-state index contributed by atoms with van der Waals surface area (Å²) in [6.07, 6.45) is 1.24. The highest BCUT2D eigenvalue weighted by molar-refractivity contribution is 5.08. The van der Waals surface area contributed by atoms with Crippen LogP contribution in [0.25, 0.3) is 0 Å². The van der Waals surface area contributed by atoms with Crippen molar-refractivity contribution in [3.63, 3.8) is 0 Å². The van der Waals surface area contributed by atoms with Gasteiger partial charge in [-0.3, -0.25) is 4.98 Å². The lowest BCUT2D eigenvalue weighted by Gasteiger charge is -2.14. The van der Waals surface area contributed by atoms with E-state index < -0.39 is 0 Å². The van der Waals surface area contributed by atoms with Crippen molar-refractivity contribution < 1.29 is 9.13 Å². The summed E-state index contributed by atoms with van der Waals surface area (Å²) in [5.41, 5.74) is 0.838. The van der Waals surface area contributed by atoms with Crippen LogP contribution in [0.5, 0.6) is 0 Å². The van der Waals surface area contributed by atoms with Gasteiger partial charge in [0.1, 0.15) is 5.82 Å². The van der Waals surface area contributed by atoms with Gasteiger partial charge in [-0.2, -0.15) is 0 Å². The van der Waals surface area contributed by atoms with Gasteiger partial charge in [0, 0.05) is 19.1 Å². The first-order valence-corrected chi connectivity index (χ1v) is 6.17. The predicted octanol–water partition coefficient (Wildman–Crippen LogP) is 1.45. The van der Waals surface area contributed by atoms with Crippen LogP contribution in [-0.2, 0) is 4.74 Å². The van der Waals surface area contributed by atoms with E-state index in [1.807, 2.05) is 21.0 Å². The second-order valence-electron chi connectivity index (χ2n) is 4.49. The largest absolute Gasteiger partial charge is 0.379 e. The molecule has 1 atom stereocenters. The van der Waals surface area contributed by atoms with Crippen molar-refractivity contribution in [2.45, 2.75) is 13.0 Å². The quantitative estimate of drug-likeness (QED) is 0.713. The third kappa shape index (κ3) is 6.05. The van der Waals surface area contributed by atoms with Crippen molar-refractivity contribution in [2.75, 3.05) is 40.4 Å². The highest BCUT2D eigenvalue weighted by atomic mass is 19.1. The molecule has 0 saturated heterocycles. The fourth-order valence-corrected chi connectivity index (χ4v) is 1.44. The van der Waals surface area contributed by atoms with Crippen molar-refractivity contribution in [1.29, 1.82) is 0 Å². The van der Waals surface area contributed by atoms with Gasteiger partial charge >= 0.3 is 0 Å². The molecule has 0 aliphatic rings. The molecule has 1 rings (SSSR count). The Bertz CT molecular complexity index is 330. The standard InChI is InChI=1S/C13H22FN3O/c1-11(13-5-4-12(14)10-16-13)15-6-8-18-9-7-17(2)3/h4-5,10-11,15H,6-9H2,1-3H3. The summed E-state index contributed by atoms with van der Waals surface area (Å²) in [6, 6.07) is 3.22. The van der Waals surface area contributed by atoms with Crippen molar-refractivity contribution in [2.24, 2.45) is 0 Å². The summed E-state index contributed by atoms with van der Waals surface area (Å²) in [4.78, 5) is 6.11. The number of aromatic nitrogens is 1. The summed E-state index contributed by atoms with van der Waals surface area (Å²) in [7, 11) is 4.04. The van der Waals surface area contributed by atoms with E-state index >= 15 is 0 Å². The normalized spacial score (nSPS) is 12.9. The molecule has 0 saturated carbocycles. The number of rotatable bonds is 8. The lowest BCUT2D eigenvalue weighted by atomic mass is 10.2. The summed E-state index contributed by atoms with van der Waals surface area (Å²) in [6.45, 7) is 5.08. The molecule has 1 N–H and O–H groups in total. The van der Waals surface area contributed by atoms with E-state index in [0.29, 0.717) is 6.61 Å². The van der Waals surface area contributed by atoms with Crippen LogP contribution in [0, 0.1) is 5.82 Å². The fraction of sp³-hybridized carbons (Fsp3) is 0.615. The Morgan fingerprint density at radius 1 is 1.39 bits per heavy atom. The average molecular weight is 255 g/mol. The van der Waals surface area contributed by atoms with Crippen LogP contribution in [0.15, 0.2) is 18.3 Å². The summed E-state index contributed by atoms with van der Waals surface area (Å²) in [5, 5.41) is 3.28. The molecule has 1 unspecified atom stereocenters. The van der Waals surface area contributed by atoms with E-state index in [-0.39, 0.29) is 11.9 Å². The van der Waals surface area contributed by atoms with Crippen LogP contribution in [-0.4, -0.2) is 50.3 Å². The van der Waals surface area contributed by atoms with Gasteiger partial charge in [-0.1, -0.05) is 0 Å². The van der Waals surface area contributed by atoms with Crippen LogP contribution in [0.1, 0.15) is 18.7 Å². The maximum absolute atomic E-state index is 12.7. The van der Waals surface area contributed by atoms with Crippen LogP contribution < -0.4 is 5.32 Å². The molecule has 1 aromatic heterocycles. The number of pyridine rings is 1. The maximum atomic E-state index is 12.7. The molecule has 5 heteroatoms. The number of nitrogens with zero attached hydrogens (tertiary/aromatic N) is 2. The van der Waals surface area contributed by atoms with Crippen LogP contribution in [0.3, 0.4) is 0 Å². The first-order valence-electron chi connectivity index (χ1n) is 6.17. The van der Waals surface area contributed by atoms with Gasteiger partial charge < -0.3 is 15.0 Å². The summed E-state index contributed by atoms with van der Waals surface area (Å²) >= 11 is 0. The number of likely N-dealkylation sites (N-methyl/N-ethyl adjacent to an activating group) is 1. The lowest BCUT2D eigenvalue weighted by molar-refractivity contribution is 0.118. The Morgan fingerprint density at radius 3 is 2.78 bits per heavy atom. The maximum Gasteiger partial charge on any atom is 0.141 e. The minimum atomic E-state index is -0.307. The highest BCUT2D eigenvalue weighted by Gasteiger charge is 2.05. The van der Waals surface area contributed by atoms with Crippen molar-refractivity contribution in [3.8, 4) is 0 Å². The van der Waals surface area contributed by atoms with Crippen molar-refractivity contribution >= 4 is 0 Å². The minimum Gasteiger partial charge on any atom is -0.379 e. The topological polar surface area (TPSA) is 37.4 Å². The van der Waals surface area contributed by atoms with Crippen LogP contribution in [0.2, 0.25) is 0 Å². The number of ether oxygens (including phenoxy) is 1. The SMILES string of the molecule is CC(NCCOCCN(C)C)c1ccc(F)cn1. The van der Waals surface area contributed by atoms with Crippen LogP contribution in [0.4, 0.5) is 4.39 Å². The molecule has 0 fully saturated rings. The molecular weight excluding hydrogens is 233 g/mol. The third-order valence-electron chi connectivity index (χ3n) is 2.57. The van der Waals surface area contributed by atoms with Gasteiger partial charge in [0.05, 0.1) is 25.1 Å². The lowest BCUT2D eigenvalue weighted by Crippen LogP contribution is -2.25. The molecule has 18 heavy (non-hydrogen) atoms. The molecule has 0 radical (unpaired) electrons. The Hall–Kier alpha value is -1.04. The van der Waals surface area contributed by atoms with Gasteiger partial charge in [0.2, 0.25) is 0 Å². The zero-order valence-electron chi connectivity index (χ0n) is 11.3. The van der Waals surface area contributed by atoms with Gasteiger partial charge in [-0.25, -0.2) is 4.39 Å². The molecule has 0 aliphatic carbocycles. The van der Waals surface area contributed by atoms with E-state index in [1.54, 1.807) is 6.07 Å². The number of halogens is 1. The van der Waals surface area contributed by atoms with Gasteiger partial charge in [0.25, 0.3) is 0 Å². The van der Waals surface area contributed by atoms with Gasteiger partial charge in [-0.05, 0) is 33.2 Å². The molecule has 0 spiro atoms. The van der Waals surface area contributed by atoms with Crippen molar-refractivity contribution in [3.05, 3.63) is 29.8 Å². The fourth-order valence-electron chi connectivity index (χ4n) is 1.44. The summed E-state index contributed by atoms with van der Waals surface area (Å²) < 4.78 is 18.2. The van der Waals surface area contributed by atoms with E-state index in [0.717, 1.165) is 25.4 Å². The number of hydrogen-bond acceptors (Lipinski definition) is 4. The van der Waals surface area contributed by atoms with E-state index in [4.69, 9.17) is 4.74 Å². The average Bonchev–Trinajstić information content (AvgIpc) is 2.34. The highest BCUT2D eigenvalue weighted by Crippen LogP contribution is 2.08. The molecule has 1 aromatic rings.